The van der Waals surface area contributed by atoms with Gasteiger partial charge in [0.15, 0.2) is 0 Å². The molecule has 0 aliphatic rings. The minimum Gasteiger partial charge on any atom is -0.870 e. The summed E-state index contributed by atoms with van der Waals surface area (Å²) in [6.07, 6.45) is 0. The van der Waals surface area contributed by atoms with Gasteiger partial charge in [0, 0.05) is 21.7 Å². The Balaban J connectivity index is 0. The Labute approximate surface area is 147 Å². The molecule has 0 fully saturated rings. The van der Waals surface area contributed by atoms with Crippen molar-refractivity contribution in [2.24, 2.45) is 0 Å². The average molecular weight is 387 g/mol. The van der Waals surface area contributed by atoms with Crippen molar-refractivity contribution in [1.29, 1.82) is 0 Å². The van der Waals surface area contributed by atoms with Crippen LogP contribution in [0.15, 0.2) is 0 Å². The van der Waals surface area contributed by atoms with Crippen molar-refractivity contribution in [1.82, 2.24) is 0 Å². The van der Waals surface area contributed by atoms with Gasteiger partial charge in [0.05, 0.1) is 0 Å². The molecular weight excluding hydrogens is 383 g/mol. The monoisotopic (exact) mass is 387 g/mol. The maximum atomic E-state index is 0. The largest absolute Gasteiger partial charge is 3.00 e. The Morgan fingerprint density at radius 3 is 0.625 bits per heavy atom. The van der Waals surface area contributed by atoms with Gasteiger partial charge in [0.1, 0.15) is 0 Å². The van der Waals surface area contributed by atoms with E-state index in [1.54, 1.807) is 0 Å². The maximum absolute atomic E-state index is 0. The summed E-state index contributed by atoms with van der Waals surface area (Å²) in [4.78, 5) is 0. The quantitative estimate of drug-likeness (QED) is 0.384. The Morgan fingerprint density at radius 1 is 0.625 bits per heavy atom. The second-order valence-electron chi connectivity index (χ2n) is 0. The molecule has 4 N–H and O–H groups in total. The van der Waals surface area contributed by atoms with Gasteiger partial charge in [-0.25, -0.2) is 0 Å². The van der Waals surface area contributed by atoms with Crippen molar-refractivity contribution in [3.05, 3.63) is 0 Å². The standard InChI is InChI=1S/Bi.K.Na.4H2O.Ti/h;;;4*1H2;/q+3;2*+1;;;;;/p-4. The zero-order valence-corrected chi connectivity index (χ0v) is 14.9. The number of hydrogen-bond donors (Lipinski definition) is 0. The van der Waals surface area contributed by atoms with Crippen LogP contribution in [0, 0.1) is 0 Å². The predicted octanol–water partition coefficient (Wildman–Crippen LogP) is -7.08. The zero-order valence-electron chi connectivity index (χ0n) is 4.74. The summed E-state index contributed by atoms with van der Waals surface area (Å²) in [5, 5.41) is 0. The van der Waals surface area contributed by atoms with Gasteiger partial charge in [-0.05, 0) is 0 Å². The van der Waals surface area contributed by atoms with E-state index in [0.717, 1.165) is 0 Å². The Morgan fingerprint density at radius 2 is 0.625 bits per heavy atom. The van der Waals surface area contributed by atoms with Crippen molar-refractivity contribution in [2.75, 3.05) is 0 Å². The molecular formula is H4BiKNaO4Ti+. The van der Waals surface area contributed by atoms with Gasteiger partial charge in [-0.3, -0.25) is 0 Å². The van der Waals surface area contributed by atoms with E-state index in [1.807, 2.05) is 0 Å². The van der Waals surface area contributed by atoms with E-state index >= 15 is 0 Å². The van der Waals surface area contributed by atoms with E-state index in [-0.39, 0.29) is 151 Å². The topological polar surface area (TPSA) is 120 Å². The summed E-state index contributed by atoms with van der Waals surface area (Å²) < 4.78 is 0. The summed E-state index contributed by atoms with van der Waals surface area (Å²) in [5.74, 6) is 0. The molecule has 0 bridgehead atoms. The minimum atomic E-state index is 0. The maximum Gasteiger partial charge on any atom is 3.00 e. The second kappa shape index (κ2) is 67.7. The normalized spacial score (nSPS) is 0. The van der Waals surface area contributed by atoms with Crippen LogP contribution in [0.1, 0.15) is 0 Å². The summed E-state index contributed by atoms with van der Waals surface area (Å²) in [7, 11) is 0. The van der Waals surface area contributed by atoms with Crippen LogP contribution >= 0.6 is 0 Å². The number of hydrogen-bond acceptors (Lipinski definition) is 4. The van der Waals surface area contributed by atoms with Gasteiger partial charge in [-0.2, -0.15) is 0 Å². The molecule has 4 nitrogen and oxygen atoms in total. The van der Waals surface area contributed by atoms with Crippen LogP contribution < -0.4 is 80.9 Å². The summed E-state index contributed by atoms with van der Waals surface area (Å²) >= 11 is 0. The Bertz CT molecular complexity index is 16.0. The smallest absolute Gasteiger partial charge is 0.870 e. The van der Waals surface area contributed by atoms with Crippen LogP contribution in [0.25, 0.3) is 0 Å². The molecule has 0 aromatic carbocycles. The van der Waals surface area contributed by atoms with Crippen LogP contribution in [-0.2, 0) is 21.7 Å². The Kier molecular flexibility index (Phi) is 755. The third-order valence-corrected chi connectivity index (χ3v) is 0. The first kappa shape index (κ1) is 89.2. The van der Waals surface area contributed by atoms with Gasteiger partial charge < -0.3 is 21.9 Å². The van der Waals surface area contributed by atoms with Crippen molar-refractivity contribution < 1.29 is 125 Å². The van der Waals surface area contributed by atoms with Crippen molar-refractivity contribution in [3.8, 4) is 0 Å². The summed E-state index contributed by atoms with van der Waals surface area (Å²) in [6, 6.07) is 0. The van der Waals surface area contributed by atoms with E-state index < -0.39 is 0 Å². The van der Waals surface area contributed by atoms with E-state index in [2.05, 4.69) is 0 Å². The first-order valence-electron chi connectivity index (χ1n) is 0. The van der Waals surface area contributed by atoms with Crippen LogP contribution in [0.3, 0.4) is 0 Å². The van der Waals surface area contributed by atoms with Gasteiger partial charge >= 0.3 is 107 Å². The SMILES string of the molecule is [Bi+3].[K+].[Na+].[OH-].[OH-].[OH-].[OH-].[Ti]. The van der Waals surface area contributed by atoms with Crippen molar-refractivity contribution >= 4 is 26.2 Å². The third-order valence-electron chi connectivity index (χ3n) is 0. The van der Waals surface area contributed by atoms with Gasteiger partial charge in [0.2, 0.25) is 0 Å². The molecule has 8 heteroatoms. The molecule has 8 heavy (non-hydrogen) atoms. The predicted molar refractivity (Wildman–Crippen MR) is 13.5 cm³/mol. The Hall–Kier alpha value is 4.07. The van der Waals surface area contributed by atoms with Crippen molar-refractivity contribution in [2.45, 2.75) is 0 Å². The third kappa shape index (κ3) is 50.0. The van der Waals surface area contributed by atoms with Crippen molar-refractivity contribution in [3.63, 3.8) is 0 Å². The van der Waals surface area contributed by atoms with Crippen LogP contribution in [0.5, 0.6) is 0 Å². The molecule has 2 radical (unpaired) electrons. The van der Waals surface area contributed by atoms with Gasteiger partial charge in [-0.15, -0.1) is 0 Å². The average Bonchev–Trinajstić information content (AvgIpc) is 0. The van der Waals surface area contributed by atoms with Crippen LogP contribution in [0.2, 0.25) is 0 Å². The molecule has 0 rings (SSSR count). The molecule has 0 saturated carbocycles. The first-order valence-corrected chi connectivity index (χ1v) is 0. The van der Waals surface area contributed by atoms with Crippen LogP contribution in [0.4, 0.5) is 0 Å². The molecule has 0 aliphatic carbocycles. The van der Waals surface area contributed by atoms with E-state index in [1.165, 1.54) is 0 Å². The van der Waals surface area contributed by atoms with E-state index in [9.17, 15) is 0 Å². The van der Waals surface area contributed by atoms with Crippen LogP contribution in [-0.4, -0.2) is 48.1 Å². The molecule has 0 heterocycles. The molecule has 0 unspecified atom stereocenters. The molecule has 0 aromatic heterocycles. The molecule has 0 spiro atoms. The second-order valence-corrected chi connectivity index (χ2v) is 0. The van der Waals surface area contributed by atoms with E-state index in [0.29, 0.717) is 0 Å². The fourth-order valence-electron chi connectivity index (χ4n) is 0. The van der Waals surface area contributed by atoms with Gasteiger partial charge in [0.25, 0.3) is 0 Å². The fraction of sp³-hybridized carbons (Fsp3) is 0. The van der Waals surface area contributed by atoms with Gasteiger partial charge in [-0.1, -0.05) is 0 Å². The van der Waals surface area contributed by atoms with E-state index in [4.69, 9.17) is 0 Å². The summed E-state index contributed by atoms with van der Waals surface area (Å²) in [5.41, 5.74) is 0. The summed E-state index contributed by atoms with van der Waals surface area (Å²) in [6.45, 7) is 0. The molecule has 0 amide bonds. The fourth-order valence-corrected chi connectivity index (χ4v) is 0. The minimum absolute atomic E-state index is 0. The molecule has 0 aliphatic heterocycles. The first-order chi connectivity index (χ1) is 0. The molecule has 38 valence electrons. The zero-order chi connectivity index (χ0) is 0. The number of rotatable bonds is 0. The molecule has 0 saturated heterocycles. The molecule has 0 atom stereocenters. The molecule has 0 aromatic rings.